The Kier molecular flexibility index (Phi) is 4.48. The molecule has 0 aromatic heterocycles. The second-order valence-electron chi connectivity index (χ2n) is 6.68. The number of rotatable bonds is 6. The van der Waals surface area contributed by atoms with E-state index in [-0.39, 0.29) is 17.8 Å². The number of carbonyl (C=O) groups excluding carboxylic acids is 2. The van der Waals surface area contributed by atoms with Crippen LogP contribution in [0.15, 0.2) is 0 Å². The molecule has 21 heavy (non-hydrogen) atoms. The van der Waals surface area contributed by atoms with Crippen LogP contribution in [0.2, 0.25) is 0 Å². The normalized spacial score (nSPS) is 29.7. The summed E-state index contributed by atoms with van der Waals surface area (Å²) in [5, 5.41) is 0. The number of cyclic esters (lactones) is 1. The fraction of sp³-hybridized carbons (Fsp3) is 0.875. The van der Waals surface area contributed by atoms with Crippen molar-refractivity contribution in [1.82, 2.24) is 9.80 Å². The molecule has 3 rings (SSSR count). The Morgan fingerprint density at radius 3 is 2.76 bits per heavy atom. The van der Waals surface area contributed by atoms with Gasteiger partial charge in [0.15, 0.2) is 0 Å². The van der Waals surface area contributed by atoms with Crippen molar-refractivity contribution < 1.29 is 14.3 Å². The van der Waals surface area contributed by atoms with Gasteiger partial charge >= 0.3 is 5.97 Å². The van der Waals surface area contributed by atoms with Gasteiger partial charge < -0.3 is 9.64 Å². The highest BCUT2D eigenvalue weighted by atomic mass is 16.5. The first-order valence-corrected chi connectivity index (χ1v) is 8.33. The topological polar surface area (TPSA) is 49.9 Å². The number of nitrogens with zero attached hydrogens (tertiary/aromatic N) is 2. The van der Waals surface area contributed by atoms with E-state index >= 15 is 0 Å². The first kappa shape index (κ1) is 14.8. The van der Waals surface area contributed by atoms with Crippen LogP contribution in [-0.2, 0) is 14.3 Å². The second-order valence-corrected chi connectivity index (χ2v) is 6.68. The van der Waals surface area contributed by atoms with Crippen molar-refractivity contribution in [2.24, 2.45) is 5.92 Å². The molecule has 2 atom stereocenters. The van der Waals surface area contributed by atoms with Crippen LogP contribution in [-0.4, -0.2) is 60.0 Å². The van der Waals surface area contributed by atoms with Crippen LogP contribution in [0.1, 0.15) is 45.4 Å². The van der Waals surface area contributed by atoms with E-state index in [1.54, 1.807) is 6.92 Å². The lowest BCUT2D eigenvalue weighted by Crippen LogP contribution is -2.44. The predicted octanol–water partition coefficient (Wildman–Crippen LogP) is 1.41. The zero-order chi connectivity index (χ0) is 14.8. The summed E-state index contributed by atoms with van der Waals surface area (Å²) in [7, 11) is 0. The van der Waals surface area contributed by atoms with Crippen molar-refractivity contribution >= 4 is 11.9 Å². The Morgan fingerprint density at radius 2 is 2.14 bits per heavy atom. The lowest BCUT2D eigenvalue weighted by Gasteiger charge is -2.30. The van der Waals surface area contributed by atoms with Crippen LogP contribution in [0.3, 0.4) is 0 Å². The van der Waals surface area contributed by atoms with Gasteiger partial charge in [0.1, 0.15) is 0 Å². The number of hydrogen-bond acceptors (Lipinski definition) is 4. The van der Waals surface area contributed by atoms with Crippen molar-refractivity contribution in [3.8, 4) is 0 Å². The Morgan fingerprint density at radius 1 is 1.33 bits per heavy atom. The van der Waals surface area contributed by atoms with Gasteiger partial charge in [0.2, 0.25) is 5.91 Å². The van der Waals surface area contributed by atoms with Gasteiger partial charge in [-0.05, 0) is 51.6 Å². The highest BCUT2D eigenvalue weighted by Crippen LogP contribution is 2.29. The fourth-order valence-electron chi connectivity index (χ4n) is 3.67. The Hall–Kier alpha value is -1.10. The quantitative estimate of drug-likeness (QED) is 0.695. The van der Waals surface area contributed by atoms with Crippen LogP contribution in [0.4, 0.5) is 0 Å². The molecule has 0 aromatic rings. The molecular formula is C16H26N2O3. The third kappa shape index (κ3) is 3.57. The number of likely N-dealkylation sites (tertiary alicyclic amines) is 1. The van der Waals surface area contributed by atoms with Gasteiger partial charge in [-0.2, -0.15) is 0 Å². The van der Waals surface area contributed by atoms with E-state index < -0.39 is 0 Å². The van der Waals surface area contributed by atoms with Crippen molar-refractivity contribution in [2.75, 3.05) is 26.2 Å². The maximum atomic E-state index is 11.8. The fourth-order valence-corrected chi connectivity index (χ4v) is 3.67. The monoisotopic (exact) mass is 294 g/mol. The van der Waals surface area contributed by atoms with Gasteiger partial charge in [0.05, 0.1) is 12.5 Å². The predicted molar refractivity (Wildman–Crippen MR) is 78.7 cm³/mol. The zero-order valence-corrected chi connectivity index (χ0v) is 12.9. The molecule has 2 aliphatic heterocycles. The smallest absolute Gasteiger partial charge is 0.309 e. The Labute approximate surface area is 126 Å². The van der Waals surface area contributed by atoms with Crippen molar-refractivity contribution in [1.29, 1.82) is 0 Å². The van der Waals surface area contributed by atoms with E-state index in [4.69, 9.17) is 4.74 Å². The highest BCUT2D eigenvalue weighted by Gasteiger charge is 2.35. The van der Waals surface area contributed by atoms with Crippen molar-refractivity contribution in [2.45, 2.75) is 57.5 Å². The van der Waals surface area contributed by atoms with Gasteiger partial charge in [-0.25, -0.2) is 0 Å². The number of amides is 1. The SMILES string of the molecule is CC(=O)N(C[C@H]1CCCN1CC[C@@H]1CCOC1=O)C1CC1. The molecule has 0 N–H and O–H groups in total. The van der Waals surface area contributed by atoms with E-state index in [2.05, 4.69) is 9.80 Å². The largest absolute Gasteiger partial charge is 0.465 e. The van der Waals surface area contributed by atoms with Gasteiger partial charge in [-0.15, -0.1) is 0 Å². The molecule has 1 amide bonds. The summed E-state index contributed by atoms with van der Waals surface area (Å²) in [4.78, 5) is 27.8. The second kappa shape index (κ2) is 6.34. The third-order valence-electron chi connectivity index (χ3n) is 5.11. The van der Waals surface area contributed by atoms with Crippen molar-refractivity contribution in [3.05, 3.63) is 0 Å². The third-order valence-corrected chi connectivity index (χ3v) is 5.11. The van der Waals surface area contributed by atoms with Crippen LogP contribution in [0, 0.1) is 5.92 Å². The molecule has 0 radical (unpaired) electrons. The van der Waals surface area contributed by atoms with Gasteiger partial charge in [0.25, 0.3) is 0 Å². The Bertz CT molecular complexity index is 408. The average Bonchev–Trinajstić information content (AvgIpc) is 3.05. The summed E-state index contributed by atoms with van der Waals surface area (Å²) in [5.74, 6) is 0.288. The molecule has 2 heterocycles. The first-order chi connectivity index (χ1) is 10.1. The van der Waals surface area contributed by atoms with Gasteiger partial charge in [0, 0.05) is 25.6 Å². The Balaban J connectivity index is 1.50. The summed E-state index contributed by atoms with van der Waals surface area (Å²) in [6.45, 7) is 5.21. The minimum atomic E-state index is -0.0194. The highest BCUT2D eigenvalue weighted by molar-refractivity contribution is 5.74. The molecule has 0 bridgehead atoms. The number of carbonyl (C=O) groups is 2. The van der Waals surface area contributed by atoms with E-state index in [0.29, 0.717) is 18.7 Å². The standard InChI is InChI=1S/C16H26N2O3/c1-12(19)18(14-4-5-14)11-15-3-2-8-17(15)9-6-13-7-10-21-16(13)20/h13-15H,2-11H2,1H3/t13-,15-/m1/s1. The van der Waals surface area contributed by atoms with E-state index in [9.17, 15) is 9.59 Å². The molecule has 5 heteroatoms. The van der Waals surface area contributed by atoms with Gasteiger partial charge in [-0.1, -0.05) is 0 Å². The zero-order valence-electron chi connectivity index (χ0n) is 12.9. The summed E-state index contributed by atoms with van der Waals surface area (Å²) >= 11 is 0. The van der Waals surface area contributed by atoms with E-state index in [1.165, 1.54) is 25.7 Å². The average molecular weight is 294 g/mol. The molecule has 3 fully saturated rings. The number of ether oxygens (including phenoxy) is 1. The van der Waals surface area contributed by atoms with Gasteiger partial charge in [-0.3, -0.25) is 14.5 Å². The van der Waals surface area contributed by atoms with E-state index in [0.717, 1.165) is 32.5 Å². The maximum Gasteiger partial charge on any atom is 0.309 e. The molecule has 5 nitrogen and oxygen atoms in total. The lowest BCUT2D eigenvalue weighted by atomic mass is 10.0. The minimum absolute atomic E-state index is 0.0194. The summed E-state index contributed by atoms with van der Waals surface area (Å²) in [5.41, 5.74) is 0. The molecule has 0 spiro atoms. The summed E-state index contributed by atoms with van der Waals surface area (Å²) in [6, 6.07) is 0.974. The molecule has 1 saturated carbocycles. The van der Waals surface area contributed by atoms with Crippen LogP contribution in [0.25, 0.3) is 0 Å². The molecule has 118 valence electrons. The summed E-state index contributed by atoms with van der Waals surface area (Å²) in [6.07, 6.45) is 6.49. The first-order valence-electron chi connectivity index (χ1n) is 8.33. The molecular weight excluding hydrogens is 268 g/mol. The van der Waals surface area contributed by atoms with Crippen LogP contribution in [0.5, 0.6) is 0 Å². The summed E-state index contributed by atoms with van der Waals surface area (Å²) < 4.78 is 5.03. The van der Waals surface area contributed by atoms with Crippen molar-refractivity contribution in [3.63, 3.8) is 0 Å². The molecule has 0 aromatic carbocycles. The van der Waals surface area contributed by atoms with Crippen LogP contribution >= 0.6 is 0 Å². The number of esters is 1. The number of hydrogen-bond donors (Lipinski definition) is 0. The molecule has 1 aliphatic carbocycles. The van der Waals surface area contributed by atoms with E-state index in [1.807, 2.05) is 0 Å². The minimum Gasteiger partial charge on any atom is -0.465 e. The lowest BCUT2D eigenvalue weighted by molar-refractivity contribution is -0.141. The maximum absolute atomic E-state index is 11.8. The molecule has 0 unspecified atom stereocenters. The molecule has 3 aliphatic rings. The molecule has 2 saturated heterocycles. The van der Waals surface area contributed by atoms with Crippen LogP contribution < -0.4 is 0 Å².